The SMILES string of the molecule is NC1CC(C(F)(F)F)CN(c2c(NC(=O)c3ccc(F)c(-c4c(F)cccc4F)n3)cnc3c2CCO3)C1. The van der Waals surface area contributed by atoms with Crippen molar-refractivity contribution in [1.29, 1.82) is 0 Å². The van der Waals surface area contributed by atoms with E-state index in [4.69, 9.17) is 10.5 Å². The average Bonchev–Trinajstić information content (AvgIpc) is 3.32. The van der Waals surface area contributed by atoms with Gasteiger partial charge in [-0.3, -0.25) is 4.79 Å². The maximum Gasteiger partial charge on any atom is 0.393 e. The minimum atomic E-state index is -4.47. The minimum Gasteiger partial charge on any atom is -0.477 e. The Morgan fingerprint density at radius 2 is 1.82 bits per heavy atom. The van der Waals surface area contributed by atoms with Gasteiger partial charge >= 0.3 is 6.18 Å². The molecule has 3 N–H and O–H groups in total. The van der Waals surface area contributed by atoms with E-state index < -0.39 is 52.8 Å². The van der Waals surface area contributed by atoms with Crippen LogP contribution in [0.25, 0.3) is 11.3 Å². The van der Waals surface area contributed by atoms with E-state index in [1.165, 1.54) is 11.1 Å². The molecule has 38 heavy (non-hydrogen) atoms. The van der Waals surface area contributed by atoms with E-state index in [0.29, 0.717) is 12.0 Å². The van der Waals surface area contributed by atoms with Crippen LogP contribution in [0.1, 0.15) is 22.5 Å². The number of pyridine rings is 2. The van der Waals surface area contributed by atoms with Crippen LogP contribution in [-0.4, -0.2) is 47.8 Å². The van der Waals surface area contributed by atoms with Gasteiger partial charge in [0.15, 0.2) is 0 Å². The number of hydrogen-bond donors (Lipinski definition) is 2. The average molecular weight is 537 g/mol. The summed E-state index contributed by atoms with van der Waals surface area (Å²) >= 11 is 0. The Bertz CT molecular complexity index is 1380. The van der Waals surface area contributed by atoms with E-state index >= 15 is 0 Å². The predicted octanol–water partition coefficient (Wildman–Crippen LogP) is 4.46. The molecule has 1 saturated heterocycles. The summed E-state index contributed by atoms with van der Waals surface area (Å²) in [5.41, 5.74) is 5.01. The van der Waals surface area contributed by atoms with Crippen molar-refractivity contribution in [2.75, 3.05) is 29.9 Å². The Morgan fingerprint density at radius 1 is 1.08 bits per heavy atom. The predicted molar refractivity (Wildman–Crippen MR) is 125 cm³/mol. The van der Waals surface area contributed by atoms with Gasteiger partial charge in [-0.05, 0) is 30.7 Å². The highest BCUT2D eigenvalue weighted by Crippen LogP contribution is 2.42. The second-order valence-corrected chi connectivity index (χ2v) is 9.12. The number of nitrogens with zero attached hydrogens (tertiary/aromatic N) is 3. The number of benzene rings is 1. The molecule has 5 rings (SSSR count). The minimum absolute atomic E-state index is 0.0685. The third-order valence-corrected chi connectivity index (χ3v) is 6.49. The molecule has 3 aromatic rings. The molecule has 0 radical (unpaired) electrons. The molecular weight excluding hydrogens is 516 g/mol. The smallest absolute Gasteiger partial charge is 0.393 e. The number of nitrogens with two attached hydrogens (primary N) is 1. The number of carbonyl (C=O) groups excluding carboxylic acids is 1. The van der Waals surface area contributed by atoms with Crippen molar-refractivity contribution in [3.05, 3.63) is 65.2 Å². The molecule has 4 heterocycles. The monoisotopic (exact) mass is 537 g/mol. The zero-order valence-electron chi connectivity index (χ0n) is 19.7. The van der Waals surface area contributed by atoms with E-state index in [-0.39, 0.29) is 49.1 Å². The Balaban J connectivity index is 1.51. The fourth-order valence-electron chi connectivity index (χ4n) is 4.79. The molecule has 2 aliphatic heterocycles. The van der Waals surface area contributed by atoms with E-state index in [2.05, 4.69) is 15.3 Å². The van der Waals surface area contributed by atoms with Gasteiger partial charge in [-0.15, -0.1) is 0 Å². The third kappa shape index (κ3) is 4.85. The summed E-state index contributed by atoms with van der Waals surface area (Å²) in [7, 11) is 0. The fourth-order valence-corrected chi connectivity index (χ4v) is 4.79. The van der Waals surface area contributed by atoms with Gasteiger partial charge in [-0.25, -0.2) is 23.1 Å². The zero-order valence-corrected chi connectivity index (χ0v) is 19.7. The molecule has 200 valence electrons. The first-order valence-electron chi connectivity index (χ1n) is 11.7. The molecule has 0 saturated carbocycles. The van der Waals surface area contributed by atoms with Crippen LogP contribution >= 0.6 is 0 Å². The summed E-state index contributed by atoms with van der Waals surface area (Å²) in [4.78, 5) is 22.6. The molecule has 2 aliphatic rings. The van der Waals surface area contributed by atoms with Gasteiger partial charge in [0.1, 0.15) is 28.8 Å². The number of piperidine rings is 1. The standard InChI is InChI=1S/C25H21F6N5O2/c26-15-2-1-3-16(27)20(15)21-17(28)4-5-18(34-21)23(37)35-19-9-33-24-14(6-7-38-24)22(19)36-10-12(25(29,30)31)8-13(32)11-36/h1-5,9,12-13H,6-8,10-11,32H2,(H,35,37). The summed E-state index contributed by atoms with van der Waals surface area (Å²) in [6, 6.07) is 4.04. The second kappa shape index (κ2) is 9.78. The number of ether oxygens (including phenoxy) is 1. The number of anilines is 2. The van der Waals surface area contributed by atoms with Crippen LogP contribution < -0.4 is 20.7 Å². The number of rotatable bonds is 4. The number of alkyl halides is 3. The first-order valence-corrected chi connectivity index (χ1v) is 11.7. The molecule has 1 aromatic carbocycles. The quantitative estimate of drug-likeness (QED) is 0.478. The van der Waals surface area contributed by atoms with Gasteiger partial charge in [-0.2, -0.15) is 13.2 Å². The molecule has 1 amide bonds. The molecule has 1 fully saturated rings. The molecule has 2 unspecified atom stereocenters. The van der Waals surface area contributed by atoms with Crippen LogP contribution in [0.2, 0.25) is 0 Å². The topological polar surface area (TPSA) is 93.4 Å². The van der Waals surface area contributed by atoms with Gasteiger partial charge in [-0.1, -0.05) is 6.07 Å². The highest BCUT2D eigenvalue weighted by molar-refractivity contribution is 6.05. The highest BCUT2D eigenvalue weighted by Gasteiger charge is 2.45. The van der Waals surface area contributed by atoms with E-state index in [1.54, 1.807) is 0 Å². The Labute approximate surface area is 212 Å². The molecule has 7 nitrogen and oxygen atoms in total. The van der Waals surface area contributed by atoms with Crippen LogP contribution in [0.3, 0.4) is 0 Å². The van der Waals surface area contributed by atoms with Gasteiger partial charge in [0, 0.05) is 31.1 Å². The van der Waals surface area contributed by atoms with Gasteiger partial charge in [0.25, 0.3) is 5.91 Å². The maximum atomic E-state index is 14.5. The van der Waals surface area contributed by atoms with Crippen LogP contribution in [0.15, 0.2) is 36.5 Å². The number of nitrogens with one attached hydrogen (secondary N) is 1. The van der Waals surface area contributed by atoms with Gasteiger partial charge < -0.3 is 20.7 Å². The lowest BCUT2D eigenvalue weighted by Crippen LogP contribution is -2.51. The van der Waals surface area contributed by atoms with E-state index in [9.17, 15) is 31.1 Å². The zero-order chi connectivity index (χ0) is 27.2. The summed E-state index contributed by atoms with van der Waals surface area (Å²) in [6.07, 6.45) is -3.13. The number of amides is 1. The summed E-state index contributed by atoms with van der Waals surface area (Å²) < 4.78 is 89.3. The number of halogens is 6. The van der Waals surface area contributed by atoms with Crippen molar-refractivity contribution in [3.8, 4) is 17.1 Å². The Morgan fingerprint density at radius 3 is 2.53 bits per heavy atom. The summed E-state index contributed by atoms with van der Waals surface area (Å²) in [5, 5.41) is 2.56. The number of aromatic nitrogens is 2. The van der Waals surface area contributed by atoms with Crippen molar-refractivity contribution in [1.82, 2.24) is 9.97 Å². The summed E-state index contributed by atoms with van der Waals surface area (Å²) in [6.45, 7) is -0.0359. The Kier molecular flexibility index (Phi) is 6.63. The lowest BCUT2D eigenvalue weighted by atomic mass is 9.93. The first kappa shape index (κ1) is 25.8. The van der Waals surface area contributed by atoms with E-state index in [0.717, 1.165) is 30.3 Å². The van der Waals surface area contributed by atoms with Crippen LogP contribution in [0.5, 0.6) is 5.88 Å². The molecule has 0 spiro atoms. The van der Waals surface area contributed by atoms with Crippen LogP contribution in [0.4, 0.5) is 37.7 Å². The molecule has 13 heteroatoms. The number of hydrogen-bond acceptors (Lipinski definition) is 6. The molecule has 2 atom stereocenters. The van der Waals surface area contributed by atoms with Crippen LogP contribution in [0, 0.1) is 23.4 Å². The first-order chi connectivity index (χ1) is 18.0. The van der Waals surface area contributed by atoms with Crippen molar-refractivity contribution in [2.45, 2.75) is 25.1 Å². The van der Waals surface area contributed by atoms with Gasteiger partial charge in [0.2, 0.25) is 5.88 Å². The van der Waals surface area contributed by atoms with Crippen molar-refractivity contribution in [2.24, 2.45) is 11.7 Å². The largest absolute Gasteiger partial charge is 0.477 e. The molecule has 0 aliphatic carbocycles. The second-order valence-electron chi connectivity index (χ2n) is 9.12. The lowest BCUT2D eigenvalue weighted by molar-refractivity contribution is -0.177. The molecule has 2 aromatic heterocycles. The maximum absolute atomic E-state index is 14.5. The lowest BCUT2D eigenvalue weighted by Gasteiger charge is -2.39. The van der Waals surface area contributed by atoms with Crippen molar-refractivity contribution >= 4 is 17.3 Å². The molecule has 0 bridgehead atoms. The third-order valence-electron chi connectivity index (χ3n) is 6.49. The van der Waals surface area contributed by atoms with Crippen molar-refractivity contribution < 1.29 is 35.9 Å². The highest BCUT2D eigenvalue weighted by atomic mass is 19.4. The Hall–Kier alpha value is -3.87. The normalized spacial score (nSPS) is 19.2. The van der Waals surface area contributed by atoms with Crippen LogP contribution in [-0.2, 0) is 6.42 Å². The number of fused-ring (bicyclic) bond motifs is 1. The van der Waals surface area contributed by atoms with Crippen molar-refractivity contribution in [3.63, 3.8) is 0 Å². The van der Waals surface area contributed by atoms with Gasteiger partial charge in [0.05, 0.1) is 35.7 Å². The number of carbonyl (C=O) groups is 1. The fraction of sp³-hybridized carbons (Fsp3) is 0.320. The summed E-state index contributed by atoms with van der Waals surface area (Å²) in [5.74, 6) is -5.53. The van der Waals surface area contributed by atoms with E-state index in [1.807, 2.05) is 0 Å². The molecular formula is C25H21F6N5O2.